The van der Waals surface area contributed by atoms with E-state index in [1.165, 1.54) is 0 Å². The summed E-state index contributed by atoms with van der Waals surface area (Å²) in [5, 5.41) is 3.30. The van der Waals surface area contributed by atoms with E-state index in [1.54, 1.807) is 6.07 Å². The highest BCUT2D eigenvalue weighted by Crippen LogP contribution is 2.18. The molecule has 1 aromatic carbocycles. The van der Waals surface area contributed by atoms with E-state index in [-0.39, 0.29) is 0 Å². The van der Waals surface area contributed by atoms with E-state index in [9.17, 15) is 8.42 Å². The Balaban J connectivity index is 2.99. The molecule has 0 aliphatic rings. The van der Waals surface area contributed by atoms with E-state index < -0.39 is 10.0 Å². The van der Waals surface area contributed by atoms with Crippen LogP contribution in [-0.4, -0.2) is 21.5 Å². The molecule has 0 fully saturated rings. The second kappa shape index (κ2) is 8.39. The zero-order valence-electron chi connectivity index (χ0n) is 12.7. The highest BCUT2D eigenvalue weighted by atomic mass is 32.2. The van der Waals surface area contributed by atoms with E-state index in [1.807, 2.05) is 26.0 Å². The van der Waals surface area contributed by atoms with Crippen molar-refractivity contribution >= 4 is 10.0 Å². The smallest absolute Gasteiger partial charge is 0.240 e. The molecule has 0 bridgehead atoms. The Bertz CT molecular complexity index is 513. The molecule has 0 heterocycles. The van der Waals surface area contributed by atoms with Crippen LogP contribution in [0.1, 0.15) is 44.7 Å². The van der Waals surface area contributed by atoms with Crippen molar-refractivity contribution in [2.45, 2.75) is 51.5 Å². The first-order valence-corrected chi connectivity index (χ1v) is 8.85. The normalized spacial score (nSPS) is 11.8. The monoisotopic (exact) mass is 298 g/mol. The molecule has 0 amide bonds. The van der Waals surface area contributed by atoms with Crippen molar-refractivity contribution in [2.75, 3.05) is 13.1 Å². The topological polar surface area (TPSA) is 58.2 Å². The van der Waals surface area contributed by atoms with Gasteiger partial charge in [0.25, 0.3) is 0 Å². The van der Waals surface area contributed by atoms with Gasteiger partial charge in [0, 0.05) is 13.1 Å². The number of nitrogens with one attached hydrogen (secondary N) is 2. The molecule has 20 heavy (non-hydrogen) atoms. The number of sulfonamides is 1. The summed E-state index contributed by atoms with van der Waals surface area (Å²) in [6.07, 6.45) is 2.57. The van der Waals surface area contributed by atoms with Gasteiger partial charge in [-0.15, -0.1) is 0 Å². The first kappa shape index (κ1) is 17.1. The average Bonchev–Trinajstić information content (AvgIpc) is 2.45. The SMILES string of the molecule is CCCNCc1ccc(CC)c(S(=O)(=O)NCCC)c1. The van der Waals surface area contributed by atoms with Crippen molar-refractivity contribution in [1.29, 1.82) is 0 Å². The molecule has 114 valence electrons. The summed E-state index contributed by atoms with van der Waals surface area (Å²) < 4.78 is 27.3. The summed E-state index contributed by atoms with van der Waals surface area (Å²) in [5.41, 5.74) is 1.88. The number of rotatable bonds is 9. The fraction of sp³-hybridized carbons (Fsp3) is 0.600. The summed E-state index contributed by atoms with van der Waals surface area (Å²) in [7, 11) is -3.40. The van der Waals surface area contributed by atoms with Gasteiger partial charge in [-0.05, 0) is 43.0 Å². The van der Waals surface area contributed by atoms with Crippen LogP contribution in [0.2, 0.25) is 0 Å². The first-order valence-electron chi connectivity index (χ1n) is 7.37. The minimum absolute atomic E-state index is 0.421. The number of aryl methyl sites for hydroxylation is 1. The number of hydrogen-bond donors (Lipinski definition) is 2. The third-order valence-electron chi connectivity index (χ3n) is 3.10. The molecule has 0 atom stereocenters. The van der Waals surface area contributed by atoms with Crippen molar-refractivity contribution < 1.29 is 8.42 Å². The lowest BCUT2D eigenvalue weighted by molar-refractivity contribution is 0.579. The molecule has 1 rings (SSSR count). The summed E-state index contributed by atoms with van der Waals surface area (Å²) in [6, 6.07) is 5.71. The Labute approximate surface area is 123 Å². The molecule has 4 nitrogen and oxygen atoms in total. The molecule has 0 spiro atoms. The second-order valence-electron chi connectivity index (χ2n) is 4.87. The van der Waals surface area contributed by atoms with E-state index >= 15 is 0 Å². The maximum Gasteiger partial charge on any atom is 0.240 e. The molecule has 5 heteroatoms. The van der Waals surface area contributed by atoms with Crippen molar-refractivity contribution in [3.63, 3.8) is 0 Å². The largest absolute Gasteiger partial charge is 0.313 e. The molecule has 0 saturated carbocycles. The van der Waals surface area contributed by atoms with Gasteiger partial charge >= 0.3 is 0 Å². The van der Waals surface area contributed by atoms with Crippen LogP contribution < -0.4 is 10.0 Å². The van der Waals surface area contributed by atoms with Gasteiger partial charge in [-0.1, -0.05) is 32.9 Å². The van der Waals surface area contributed by atoms with Gasteiger partial charge in [0.2, 0.25) is 10.0 Å². The lowest BCUT2D eigenvalue weighted by Crippen LogP contribution is -2.25. The quantitative estimate of drug-likeness (QED) is 0.688. The highest BCUT2D eigenvalue weighted by molar-refractivity contribution is 7.89. The van der Waals surface area contributed by atoms with Crippen molar-refractivity contribution in [2.24, 2.45) is 0 Å². The van der Waals surface area contributed by atoms with E-state index in [0.29, 0.717) is 24.4 Å². The van der Waals surface area contributed by atoms with Crippen LogP contribution in [0.5, 0.6) is 0 Å². The summed E-state index contributed by atoms with van der Waals surface area (Å²) >= 11 is 0. The average molecular weight is 298 g/mol. The summed E-state index contributed by atoms with van der Waals surface area (Å²) in [5.74, 6) is 0. The van der Waals surface area contributed by atoms with Crippen LogP contribution in [-0.2, 0) is 23.0 Å². The Morgan fingerprint density at radius 2 is 1.75 bits per heavy atom. The standard InChI is InChI=1S/C15H26N2O2S/c1-4-9-16-12-13-7-8-14(6-3)15(11-13)20(18,19)17-10-5-2/h7-8,11,16-17H,4-6,9-10,12H2,1-3H3. The zero-order chi connectivity index (χ0) is 15.0. The first-order chi connectivity index (χ1) is 9.55. The van der Waals surface area contributed by atoms with Gasteiger partial charge in [-0.2, -0.15) is 0 Å². The minimum atomic E-state index is -3.40. The van der Waals surface area contributed by atoms with E-state index in [4.69, 9.17) is 0 Å². The summed E-state index contributed by atoms with van der Waals surface area (Å²) in [6.45, 7) is 8.15. The van der Waals surface area contributed by atoms with Crippen LogP contribution >= 0.6 is 0 Å². The van der Waals surface area contributed by atoms with E-state index in [0.717, 1.165) is 30.5 Å². The van der Waals surface area contributed by atoms with Gasteiger partial charge in [-0.3, -0.25) is 0 Å². The zero-order valence-corrected chi connectivity index (χ0v) is 13.5. The molecule has 0 aliphatic carbocycles. The fourth-order valence-corrected chi connectivity index (χ4v) is 3.47. The predicted octanol–water partition coefficient (Wildman–Crippen LogP) is 2.44. The Morgan fingerprint density at radius 3 is 2.35 bits per heavy atom. The lowest BCUT2D eigenvalue weighted by atomic mass is 10.1. The molecular formula is C15H26N2O2S. The maximum absolute atomic E-state index is 12.3. The number of hydrogen-bond acceptors (Lipinski definition) is 3. The fourth-order valence-electron chi connectivity index (χ4n) is 1.97. The molecule has 0 unspecified atom stereocenters. The Morgan fingerprint density at radius 1 is 1.05 bits per heavy atom. The van der Waals surface area contributed by atoms with Crippen LogP contribution in [0.4, 0.5) is 0 Å². The van der Waals surface area contributed by atoms with Gasteiger partial charge in [0.1, 0.15) is 0 Å². The third kappa shape index (κ3) is 4.89. The maximum atomic E-state index is 12.3. The third-order valence-corrected chi connectivity index (χ3v) is 4.64. The molecule has 2 N–H and O–H groups in total. The van der Waals surface area contributed by atoms with Gasteiger partial charge in [-0.25, -0.2) is 13.1 Å². The molecular weight excluding hydrogens is 272 g/mol. The van der Waals surface area contributed by atoms with Gasteiger partial charge in [0.05, 0.1) is 4.90 Å². The van der Waals surface area contributed by atoms with Gasteiger partial charge < -0.3 is 5.32 Å². The van der Waals surface area contributed by atoms with Crippen LogP contribution in [0.15, 0.2) is 23.1 Å². The van der Waals surface area contributed by atoms with Crippen molar-refractivity contribution in [1.82, 2.24) is 10.0 Å². The highest BCUT2D eigenvalue weighted by Gasteiger charge is 2.17. The molecule has 0 aliphatic heterocycles. The van der Waals surface area contributed by atoms with Crippen LogP contribution in [0.25, 0.3) is 0 Å². The molecule has 0 radical (unpaired) electrons. The number of benzene rings is 1. The molecule has 1 aromatic rings. The van der Waals surface area contributed by atoms with Gasteiger partial charge in [0.15, 0.2) is 0 Å². The van der Waals surface area contributed by atoms with Crippen molar-refractivity contribution in [3.05, 3.63) is 29.3 Å². The van der Waals surface area contributed by atoms with E-state index in [2.05, 4.69) is 17.0 Å². The van der Waals surface area contributed by atoms with Crippen LogP contribution in [0, 0.1) is 0 Å². The Kier molecular flexibility index (Phi) is 7.19. The molecule has 0 aromatic heterocycles. The lowest BCUT2D eigenvalue weighted by Gasteiger charge is -2.12. The predicted molar refractivity (Wildman–Crippen MR) is 83.3 cm³/mol. The summed E-state index contributed by atoms with van der Waals surface area (Å²) in [4.78, 5) is 0.421. The van der Waals surface area contributed by atoms with Crippen molar-refractivity contribution in [3.8, 4) is 0 Å². The Hall–Kier alpha value is -0.910. The minimum Gasteiger partial charge on any atom is -0.313 e. The molecule has 0 saturated heterocycles. The van der Waals surface area contributed by atoms with Crippen LogP contribution in [0.3, 0.4) is 0 Å². The second-order valence-corrected chi connectivity index (χ2v) is 6.61.